The predicted octanol–water partition coefficient (Wildman–Crippen LogP) is 3.34. The zero-order valence-corrected chi connectivity index (χ0v) is 10.7. The first kappa shape index (κ1) is 11.3. The Morgan fingerprint density at radius 1 is 1.29 bits per heavy atom. The van der Waals surface area contributed by atoms with Crippen LogP contribution in [0, 0.1) is 24.2 Å². The number of aliphatic hydroxyl groups excluding tert-OH is 1. The molecule has 1 nitrogen and oxygen atoms in total. The lowest BCUT2D eigenvalue weighted by molar-refractivity contribution is 0.0650. The Morgan fingerprint density at radius 2 is 2.12 bits per heavy atom. The van der Waals surface area contributed by atoms with Gasteiger partial charge in [-0.3, -0.25) is 0 Å². The van der Waals surface area contributed by atoms with Gasteiger partial charge in [0.2, 0.25) is 0 Å². The Kier molecular flexibility index (Phi) is 2.74. The van der Waals surface area contributed by atoms with Crippen molar-refractivity contribution in [1.82, 2.24) is 0 Å². The molecule has 92 valence electrons. The normalized spacial score (nSPS) is 35.4. The van der Waals surface area contributed by atoms with Gasteiger partial charge in [-0.1, -0.05) is 30.7 Å². The second-order valence-corrected chi connectivity index (χ2v) is 6.20. The van der Waals surface area contributed by atoms with Crippen molar-refractivity contribution >= 4 is 0 Å². The van der Waals surface area contributed by atoms with Gasteiger partial charge >= 0.3 is 0 Å². The van der Waals surface area contributed by atoms with Gasteiger partial charge < -0.3 is 5.11 Å². The van der Waals surface area contributed by atoms with E-state index in [1.807, 2.05) is 0 Å². The maximum Gasteiger partial charge on any atom is 0.0493 e. The molecule has 2 aliphatic rings. The highest BCUT2D eigenvalue weighted by atomic mass is 16.3. The van der Waals surface area contributed by atoms with Gasteiger partial charge in [0.15, 0.2) is 0 Å². The van der Waals surface area contributed by atoms with Crippen LogP contribution in [0.1, 0.15) is 36.8 Å². The molecule has 1 N–H and O–H groups in total. The Balaban J connectivity index is 1.86. The molecule has 2 aliphatic carbocycles. The first-order chi connectivity index (χ1) is 8.23. The van der Waals surface area contributed by atoms with E-state index in [9.17, 15) is 5.11 Å². The fourth-order valence-electron chi connectivity index (χ4n) is 4.21. The summed E-state index contributed by atoms with van der Waals surface area (Å²) in [6.07, 6.45) is 6.45. The van der Waals surface area contributed by atoms with E-state index in [2.05, 4.69) is 31.2 Å². The maximum absolute atomic E-state index is 9.89. The summed E-state index contributed by atoms with van der Waals surface area (Å²) < 4.78 is 0. The van der Waals surface area contributed by atoms with Crippen LogP contribution in [-0.4, -0.2) is 11.7 Å². The highest BCUT2D eigenvalue weighted by Gasteiger charge is 2.50. The van der Waals surface area contributed by atoms with Gasteiger partial charge in [0.25, 0.3) is 0 Å². The molecule has 1 heteroatoms. The molecule has 2 bridgehead atoms. The highest BCUT2D eigenvalue weighted by molar-refractivity contribution is 5.27. The Labute approximate surface area is 104 Å². The van der Waals surface area contributed by atoms with Gasteiger partial charge in [-0.2, -0.15) is 0 Å². The quantitative estimate of drug-likeness (QED) is 0.844. The van der Waals surface area contributed by atoms with Gasteiger partial charge in [-0.15, -0.1) is 0 Å². The molecule has 17 heavy (non-hydrogen) atoms. The SMILES string of the molecule is Cc1ccccc1CC1(CO)CC2CCC1C2. The fourth-order valence-corrected chi connectivity index (χ4v) is 4.21. The summed E-state index contributed by atoms with van der Waals surface area (Å²) in [6, 6.07) is 8.65. The third-order valence-electron chi connectivity index (χ3n) is 5.22. The van der Waals surface area contributed by atoms with Gasteiger partial charge in [0.05, 0.1) is 0 Å². The lowest BCUT2D eigenvalue weighted by Crippen LogP contribution is -2.34. The summed E-state index contributed by atoms with van der Waals surface area (Å²) in [5, 5.41) is 9.89. The topological polar surface area (TPSA) is 20.2 Å². The monoisotopic (exact) mass is 230 g/mol. The third kappa shape index (κ3) is 1.81. The second kappa shape index (κ2) is 4.13. The molecule has 0 amide bonds. The lowest BCUT2D eigenvalue weighted by Gasteiger charge is -2.36. The lowest BCUT2D eigenvalue weighted by atomic mass is 9.69. The molecule has 2 fully saturated rings. The highest BCUT2D eigenvalue weighted by Crippen LogP contribution is 2.57. The minimum atomic E-state index is 0.203. The summed E-state index contributed by atoms with van der Waals surface area (Å²) in [6.45, 7) is 2.57. The van der Waals surface area contributed by atoms with Crippen LogP contribution in [0.2, 0.25) is 0 Å². The van der Waals surface area contributed by atoms with Crippen LogP contribution in [0.15, 0.2) is 24.3 Å². The van der Waals surface area contributed by atoms with Crippen LogP contribution >= 0.6 is 0 Å². The Hall–Kier alpha value is -0.820. The van der Waals surface area contributed by atoms with E-state index in [0.717, 1.165) is 18.3 Å². The van der Waals surface area contributed by atoms with Crippen molar-refractivity contribution in [3.8, 4) is 0 Å². The zero-order chi connectivity index (χ0) is 11.9. The van der Waals surface area contributed by atoms with Gasteiger partial charge in [-0.05, 0) is 55.6 Å². The molecule has 0 radical (unpaired) electrons. The number of benzene rings is 1. The van der Waals surface area contributed by atoms with Crippen molar-refractivity contribution in [1.29, 1.82) is 0 Å². The first-order valence-corrected chi connectivity index (χ1v) is 6.89. The van der Waals surface area contributed by atoms with Crippen LogP contribution in [0.25, 0.3) is 0 Å². The van der Waals surface area contributed by atoms with E-state index in [1.165, 1.54) is 36.8 Å². The number of aliphatic hydroxyl groups is 1. The van der Waals surface area contributed by atoms with E-state index in [-0.39, 0.29) is 5.41 Å². The summed E-state index contributed by atoms with van der Waals surface area (Å²) in [5.74, 6) is 1.67. The number of fused-ring (bicyclic) bond motifs is 2. The van der Waals surface area contributed by atoms with Crippen molar-refractivity contribution in [2.75, 3.05) is 6.61 Å². The van der Waals surface area contributed by atoms with E-state index in [1.54, 1.807) is 0 Å². The Morgan fingerprint density at radius 3 is 2.71 bits per heavy atom. The fraction of sp³-hybridized carbons (Fsp3) is 0.625. The van der Waals surface area contributed by atoms with Crippen molar-refractivity contribution in [3.63, 3.8) is 0 Å². The molecule has 3 atom stereocenters. The summed E-state index contributed by atoms with van der Waals surface area (Å²) >= 11 is 0. The molecule has 0 heterocycles. The molecule has 1 aromatic carbocycles. The average Bonchev–Trinajstić information content (AvgIpc) is 2.93. The zero-order valence-electron chi connectivity index (χ0n) is 10.7. The summed E-state index contributed by atoms with van der Waals surface area (Å²) in [5.41, 5.74) is 3.02. The standard InChI is InChI=1S/C16H22O/c1-12-4-2-3-5-14(12)10-16(11-17)9-13-6-7-15(16)8-13/h2-5,13,15,17H,6-11H2,1H3. The van der Waals surface area contributed by atoms with Crippen LogP contribution in [0.3, 0.4) is 0 Å². The summed E-state index contributed by atoms with van der Waals surface area (Å²) in [4.78, 5) is 0. The molecule has 0 aliphatic heterocycles. The molecule has 2 saturated carbocycles. The summed E-state index contributed by atoms with van der Waals surface area (Å²) in [7, 11) is 0. The molecule has 0 aromatic heterocycles. The molecular formula is C16H22O. The largest absolute Gasteiger partial charge is 0.396 e. The van der Waals surface area contributed by atoms with Crippen molar-refractivity contribution < 1.29 is 5.11 Å². The van der Waals surface area contributed by atoms with Crippen LogP contribution in [-0.2, 0) is 6.42 Å². The number of hydrogen-bond donors (Lipinski definition) is 1. The number of aryl methyl sites for hydroxylation is 1. The molecule has 0 saturated heterocycles. The van der Waals surface area contributed by atoms with E-state index >= 15 is 0 Å². The number of rotatable bonds is 3. The van der Waals surface area contributed by atoms with Gasteiger partial charge in [-0.25, -0.2) is 0 Å². The molecular weight excluding hydrogens is 208 g/mol. The average molecular weight is 230 g/mol. The first-order valence-electron chi connectivity index (χ1n) is 6.89. The van der Waals surface area contributed by atoms with Crippen molar-refractivity contribution in [2.24, 2.45) is 17.3 Å². The third-order valence-corrected chi connectivity index (χ3v) is 5.22. The van der Waals surface area contributed by atoms with Crippen LogP contribution in [0.5, 0.6) is 0 Å². The van der Waals surface area contributed by atoms with E-state index < -0.39 is 0 Å². The number of hydrogen-bond acceptors (Lipinski definition) is 1. The minimum absolute atomic E-state index is 0.203. The van der Waals surface area contributed by atoms with E-state index in [0.29, 0.717) is 6.61 Å². The molecule has 1 aromatic rings. The predicted molar refractivity (Wildman–Crippen MR) is 69.8 cm³/mol. The van der Waals surface area contributed by atoms with Gasteiger partial charge in [0, 0.05) is 12.0 Å². The van der Waals surface area contributed by atoms with Crippen LogP contribution < -0.4 is 0 Å². The maximum atomic E-state index is 9.89. The second-order valence-electron chi connectivity index (χ2n) is 6.20. The smallest absolute Gasteiger partial charge is 0.0493 e. The molecule has 0 spiro atoms. The van der Waals surface area contributed by atoms with E-state index in [4.69, 9.17) is 0 Å². The minimum Gasteiger partial charge on any atom is -0.396 e. The Bertz CT molecular complexity index is 412. The van der Waals surface area contributed by atoms with Crippen molar-refractivity contribution in [3.05, 3.63) is 35.4 Å². The van der Waals surface area contributed by atoms with Crippen LogP contribution in [0.4, 0.5) is 0 Å². The van der Waals surface area contributed by atoms with Crippen molar-refractivity contribution in [2.45, 2.75) is 39.0 Å². The van der Waals surface area contributed by atoms with Gasteiger partial charge in [0.1, 0.15) is 0 Å². The molecule has 3 rings (SSSR count). The molecule has 3 unspecified atom stereocenters.